The summed E-state index contributed by atoms with van der Waals surface area (Å²) in [7, 11) is 6.34. The quantitative estimate of drug-likeness (QED) is 0.725. The smallest absolute Gasteiger partial charge is 0.168 e. The van der Waals surface area contributed by atoms with E-state index in [0.29, 0.717) is 23.0 Å². The first kappa shape index (κ1) is 17.7. The van der Waals surface area contributed by atoms with E-state index in [0.717, 1.165) is 23.0 Å². The molecule has 0 aromatic heterocycles. The molecule has 0 radical (unpaired) electrons. The molecule has 1 unspecified atom stereocenters. The van der Waals surface area contributed by atoms with Crippen LogP contribution in [0.2, 0.25) is 0 Å². The molecule has 1 atom stereocenters. The van der Waals surface area contributed by atoms with Crippen LogP contribution in [-0.2, 0) is 4.79 Å². The topological polar surface area (TPSA) is 54.0 Å². The van der Waals surface area contributed by atoms with Crippen molar-refractivity contribution >= 4 is 6.29 Å². The van der Waals surface area contributed by atoms with Crippen molar-refractivity contribution in [1.29, 1.82) is 0 Å². The first-order chi connectivity index (χ1) is 11.6. The fourth-order valence-electron chi connectivity index (χ4n) is 2.68. The Morgan fingerprint density at radius 1 is 0.875 bits per heavy atom. The third-order valence-corrected chi connectivity index (χ3v) is 3.95. The predicted molar refractivity (Wildman–Crippen MR) is 92.6 cm³/mol. The van der Waals surface area contributed by atoms with Gasteiger partial charge in [-0.3, -0.25) is 0 Å². The molecule has 0 amide bonds. The number of hydrogen-bond acceptors (Lipinski definition) is 5. The molecule has 0 saturated carbocycles. The van der Waals surface area contributed by atoms with Gasteiger partial charge < -0.3 is 23.7 Å². The Morgan fingerprint density at radius 3 is 2.12 bits per heavy atom. The second-order valence-electron chi connectivity index (χ2n) is 5.26. The van der Waals surface area contributed by atoms with E-state index < -0.39 is 0 Å². The van der Waals surface area contributed by atoms with Gasteiger partial charge in [0.15, 0.2) is 11.5 Å². The first-order valence-electron chi connectivity index (χ1n) is 7.53. The highest BCUT2D eigenvalue weighted by Gasteiger charge is 2.22. The number of benzene rings is 2. The normalized spacial score (nSPS) is 11.5. The van der Waals surface area contributed by atoms with Gasteiger partial charge in [0.2, 0.25) is 0 Å². The summed E-state index contributed by atoms with van der Waals surface area (Å²) in [6.45, 7) is 1.84. The van der Waals surface area contributed by atoms with Crippen LogP contribution in [0.15, 0.2) is 30.3 Å². The van der Waals surface area contributed by atoms with Gasteiger partial charge in [-0.1, -0.05) is 13.0 Å². The van der Waals surface area contributed by atoms with Crippen LogP contribution in [0, 0.1) is 0 Å². The van der Waals surface area contributed by atoms with Gasteiger partial charge in [0.1, 0.15) is 17.8 Å². The summed E-state index contributed by atoms with van der Waals surface area (Å²) in [4.78, 5) is 11.4. The predicted octanol–water partition coefficient (Wildman–Crippen LogP) is 3.69. The molecule has 5 nitrogen and oxygen atoms in total. The van der Waals surface area contributed by atoms with E-state index in [1.807, 2.05) is 25.1 Å². The van der Waals surface area contributed by atoms with Crippen LogP contribution in [-0.4, -0.2) is 34.7 Å². The molecule has 0 bridgehead atoms. The molecule has 0 N–H and O–H groups in total. The lowest BCUT2D eigenvalue weighted by Crippen LogP contribution is -2.03. The van der Waals surface area contributed by atoms with Crippen LogP contribution < -0.4 is 18.9 Å². The van der Waals surface area contributed by atoms with Crippen molar-refractivity contribution in [3.63, 3.8) is 0 Å². The van der Waals surface area contributed by atoms with Gasteiger partial charge in [0.25, 0.3) is 0 Å². The van der Waals surface area contributed by atoms with E-state index in [9.17, 15) is 4.79 Å². The van der Waals surface area contributed by atoms with Crippen LogP contribution >= 0.6 is 0 Å². The highest BCUT2D eigenvalue weighted by atomic mass is 16.5. The summed E-state index contributed by atoms with van der Waals surface area (Å²) in [6, 6.07) is 9.19. The fourth-order valence-corrected chi connectivity index (χ4v) is 2.68. The number of carbonyl (C=O) groups excluding carboxylic acids is 1. The SMILES string of the molecule is COc1ccc(-c2c(C(C)C=O)ccc(OC)c2OC)c(OC)c1. The molecule has 2 aromatic carbocycles. The Balaban J connectivity index is 2.82. The van der Waals surface area contributed by atoms with Gasteiger partial charge in [-0.25, -0.2) is 0 Å². The summed E-state index contributed by atoms with van der Waals surface area (Å²) in [5.74, 6) is 2.16. The molecule has 2 aromatic rings. The van der Waals surface area contributed by atoms with Gasteiger partial charge in [0, 0.05) is 23.1 Å². The zero-order chi connectivity index (χ0) is 17.7. The molecule has 0 spiro atoms. The van der Waals surface area contributed by atoms with Crippen molar-refractivity contribution in [3.05, 3.63) is 35.9 Å². The summed E-state index contributed by atoms with van der Waals surface area (Å²) in [5.41, 5.74) is 2.42. The van der Waals surface area contributed by atoms with Crippen molar-refractivity contribution in [2.45, 2.75) is 12.8 Å². The van der Waals surface area contributed by atoms with Gasteiger partial charge >= 0.3 is 0 Å². The molecule has 0 fully saturated rings. The van der Waals surface area contributed by atoms with Gasteiger partial charge in [-0.05, 0) is 23.8 Å². The van der Waals surface area contributed by atoms with E-state index in [2.05, 4.69) is 0 Å². The van der Waals surface area contributed by atoms with E-state index in [4.69, 9.17) is 18.9 Å². The van der Waals surface area contributed by atoms with Gasteiger partial charge in [-0.15, -0.1) is 0 Å². The summed E-state index contributed by atoms with van der Waals surface area (Å²) in [6.07, 6.45) is 0.904. The molecular formula is C19H22O5. The molecule has 128 valence electrons. The molecule has 0 heterocycles. The number of aldehydes is 1. The van der Waals surface area contributed by atoms with Crippen molar-refractivity contribution in [2.24, 2.45) is 0 Å². The zero-order valence-electron chi connectivity index (χ0n) is 14.6. The Morgan fingerprint density at radius 2 is 1.58 bits per heavy atom. The highest BCUT2D eigenvalue weighted by Crippen LogP contribution is 2.46. The Kier molecular flexibility index (Phi) is 5.68. The van der Waals surface area contributed by atoms with Crippen LogP contribution in [0.3, 0.4) is 0 Å². The van der Waals surface area contributed by atoms with E-state index in [-0.39, 0.29) is 5.92 Å². The average molecular weight is 330 g/mol. The maximum absolute atomic E-state index is 11.4. The highest BCUT2D eigenvalue weighted by molar-refractivity contribution is 5.84. The minimum atomic E-state index is -0.299. The number of methoxy groups -OCH3 is 4. The number of hydrogen-bond donors (Lipinski definition) is 0. The van der Waals surface area contributed by atoms with Crippen LogP contribution in [0.25, 0.3) is 11.1 Å². The standard InChI is InChI=1S/C19H22O5/c1-12(11-20)14-8-9-16(22-3)19(24-5)18(14)15-7-6-13(21-2)10-17(15)23-4/h6-12H,1-5H3. The third kappa shape index (κ3) is 3.15. The Hall–Kier alpha value is -2.69. The molecule has 2 rings (SSSR count). The van der Waals surface area contributed by atoms with Crippen molar-refractivity contribution in [1.82, 2.24) is 0 Å². The molecular weight excluding hydrogens is 308 g/mol. The lowest BCUT2D eigenvalue weighted by Gasteiger charge is -2.20. The molecule has 0 aliphatic rings. The van der Waals surface area contributed by atoms with Crippen LogP contribution in [0.4, 0.5) is 0 Å². The maximum atomic E-state index is 11.4. The Bertz CT molecular complexity index is 724. The summed E-state index contributed by atoms with van der Waals surface area (Å²) < 4.78 is 21.8. The minimum Gasteiger partial charge on any atom is -0.497 e. The van der Waals surface area contributed by atoms with Gasteiger partial charge in [0.05, 0.1) is 28.4 Å². The van der Waals surface area contributed by atoms with Crippen molar-refractivity contribution in [3.8, 4) is 34.1 Å². The molecule has 0 aliphatic heterocycles. The largest absolute Gasteiger partial charge is 0.497 e. The monoisotopic (exact) mass is 330 g/mol. The van der Waals surface area contributed by atoms with Crippen molar-refractivity contribution in [2.75, 3.05) is 28.4 Å². The average Bonchev–Trinajstić information content (AvgIpc) is 2.65. The van der Waals surface area contributed by atoms with Crippen LogP contribution in [0.1, 0.15) is 18.4 Å². The van der Waals surface area contributed by atoms with E-state index >= 15 is 0 Å². The molecule has 24 heavy (non-hydrogen) atoms. The number of rotatable bonds is 7. The summed E-state index contributed by atoms with van der Waals surface area (Å²) in [5, 5.41) is 0. The third-order valence-electron chi connectivity index (χ3n) is 3.95. The lowest BCUT2D eigenvalue weighted by molar-refractivity contribution is -0.108. The van der Waals surface area contributed by atoms with E-state index in [1.54, 1.807) is 40.6 Å². The zero-order valence-corrected chi connectivity index (χ0v) is 14.6. The number of carbonyl (C=O) groups is 1. The second kappa shape index (κ2) is 7.73. The molecule has 0 aliphatic carbocycles. The molecule has 5 heteroatoms. The Labute approximate surface area is 142 Å². The number of ether oxygens (including phenoxy) is 4. The second-order valence-corrected chi connectivity index (χ2v) is 5.26. The first-order valence-corrected chi connectivity index (χ1v) is 7.53. The lowest BCUT2D eigenvalue weighted by atomic mass is 9.90. The minimum absolute atomic E-state index is 0.299. The molecule has 0 saturated heterocycles. The van der Waals surface area contributed by atoms with Crippen molar-refractivity contribution < 1.29 is 23.7 Å². The van der Waals surface area contributed by atoms with Gasteiger partial charge in [-0.2, -0.15) is 0 Å². The van der Waals surface area contributed by atoms with E-state index in [1.165, 1.54) is 0 Å². The van der Waals surface area contributed by atoms with Crippen LogP contribution in [0.5, 0.6) is 23.0 Å². The summed E-state index contributed by atoms with van der Waals surface area (Å²) >= 11 is 0. The maximum Gasteiger partial charge on any atom is 0.168 e. The fraction of sp³-hybridized carbons (Fsp3) is 0.316.